The van der Waals surface area contributed by atoms with E-state index in [0.717, 1.165) is 25.7 Å². The van der Waals surface area contributed by atoms with E-state index in [0.29, 0.717) is 0 Å². The zero-order valence-electron chi connectivity index (χ0n) is 6.47. The summed E-state index contributed by atoms with van der Waals surface area (Å²) in [6.07, 6.45) is 4.00. The fourth-order valence-corrected chi connectivity index (χ4v) is 0.757. The van der Waals surface area contributed by atoms with E-state index in [1.165, 1.54) is 0 Å². The molecule has 0 fully saturated rings. The van der Waals surface area contributed by atoms with Gasteiger partial charge in [-0.05, 0) is 6.42 Å². The van der Waals surface area contributed by atoms with Crippen molar-refractivity contribution in [2.45, 2.75) is 38.6 Å². The van der Waals surface area contributed by atoms with E-state index in [1.807, 2.05) is 0 Å². The Morgan fingerprint density at radius 2 is 2.10 bits per heavy atom. The average molecular weight is 144 g/mol. The minimum atomic E-state index is -0.438. The molecule has 0 aliphatic heterocycles. The van der Waals surface area contributed by atoms with Crippen LogP contribution in [0.1, 0.15) is 32.6 Å². The summed E-state index contributed by atoms with van der Waals surface area (Å²) in [5, 5.41) is 0. The molecule has 0 saturated heterocycles. The molecule has 0 unspecified atom stereocenters. The number of hydrogen-bond donors (Lipinski definition) is 2. The van der Waals surface area contributed by atoms with Gasteiger partial charge < -0.3 is 11.5 Å². The highest BCUT2D eigenvalue weighted by atomic mass is 16.1. The number of amides is 1. The fourth-order valence-electron chi connectivity index (χ4n) is 0.757. The smallest absolute Gasteiger partial charge is 0.234 e. The summed E-state index contributed by atoms with van der Waals surface area (Å²) in [5.74, 6) is -0.392. The molecular weight excluding hydrogens is 128 g/mol. The van der Waals surface area contributed by atoms with E-state index in [2.05, 4.69) is 6.92 Å². The Bertz CT molecular complexity index is 104. The number of carbonyl (C=O) groups is 1. The first-order valence-corrected chi connectivity index (χ1v) is 3.73. The number of hydrogen-bond acceptors (Lipinski definition) is 2. The molecule has 0 rings (SSSR count). The van der Waals surface area contributed by atoms with Crippen LogP contribution in [0.2, 0.25) is 0 Å². The summed E-state index contributed by atoms with van der Waals surface area (Å²) in [4.78, 5) is 10.4. The van der Waals surface area contributed by atoms with E-state index in [1.54, 1.807) is 0 Å². The molecule has 0 spiro atoms. The van der Waals surface area contributed by atoms with Crippen molar-refractivity contribution >= 4 is 5.91 Å². The second-order valence-electron chi connectivity index (χ2n) is 2.50. The molecule has 0 aliphatic carbocycles. The maximum Gasteiger partial charge on any atom is 0.234 e. The summed E-state index contributed by atoms with van der Waals surface area (Å²) in [6.45, 7) is 2.11. The highest BCUT2D eigenvalue weighted by molar-refractivity contribution is 5.79. The van der Waals surface area contributed by atoms with Gasteiger partial charge in [0.1, 0.15) is 0 Å². The summed E-state index contributed by atoms with van der Waals surface area (Å²) in [7, 11) is 0. The number of unbranched alkanes of at least 4 members (excludes halogenated alkanes) is 2. The first kappa shape index (κ1) is 9.43. The van der Waals surface area contributed by atoms with Gasteiger partial charge in [-0.2, -0.15) is 0 Å². The zero-order chi connectivity index (χ0) is 7.98. The summed E-state index contributed by atoms with van der Waals surface area (Å²) in [6, 6.07) is -0.438. The minimum Gasteiger partial charge on any atom is -0.368 e. The van der Waals surface area contributed by atoms with E-state index in [9.17, 15) is 4.79 Å². The maximum atomic E-state index is 10.4. The third kappa shape index (κ3) is 4.32. The van der Waals surface area contributed by atoms with Gasteiger partial charge in [-0.3, -0.25) is 4.79 Å². The molecule has 60 valence electrons. The average Bonchev–Trinajstić information content (AvgIpc) is 1.88. The molecule has 0 aromatic heterocycles. The molecule has 3 heteroatoms. The fraction of sp³-hybridized carbons (Fsp3) is 0.857. The van der Waals surface area contributed by atoms with Crippen LogP contribution in [0.3, 0.4) is 0 Å². The molecule has 10 heavy (non-hydrogen) atoms. The van der Waals surface area contributed by atoms with Gasteiger partial charge in [-0.25, -0.2) is 0 Å². The van der Waals surface area contributed by atoms with Crippen LogP contribution >= 0.6 is 0 Å². The highest BCUT2D eigenvalue weighted by Crippen LogP contribution is 2.00. The van der Waals surface area contributed by atoms with Gasteiger partial charge in [0.25, 0.3) is 0 Å². The Hall–Kier alpha value is -0.570. The van der Waals surface area contributed by atoms with Gasteiger partial charge in [0.05, 0.1) is 6.04 Å². The molecular formula is C7H16N2O. The van der Waals surface area contributed by atoms with Gasteiger partial charge in [0.2, 0.25) is 5.91 Å². The molecule has 4 N–H and O–H groups in total. The monoisotopic (exact) mass is 144 g/mol. The van der Waals surface area contributed by atoms with Crippen LogP contribution in [0.25, 0.3) is 0 Å². The topological polar surface area (TPSA) is 69.1 Å². The van der Waals surface area contributed by atoms with Crippen molar-refractivity contribution in [2.24, 2.45) is 11.5 Å². The lowest BCUT2D eigenvalue weighted by Crippen LogP contribution is -2.36. The SMILES string of the molecule is CCCCC[C@H](N)C(N)=O. The second-order valence-corrected chi connectivity index (χ2v) is 2.50. The van der Waals surface area contributed by atoms with E-state index in [-0.39, 0.29) is 0 Å². The van der Waals surface area contributed by atoms with Gasteiger partial charge in [0, 0.05) is 0 Å². The Kier molecular flexibility index (Phi) is 4.94. The zero-order valence-corrected chi connectivity index (χ0v) is 6.47. The van der Waals surface area contributed by atoms with E-state index in [4.69, 9.17) is 11.5 Å². The molecule has 1 amide bonds. The maximum absolute atomic E-state index is 10.4. The standard InChI is InChI=1S/C7H16N2O/c1-2-3-4-5-6(8)7(9)10/h6H,2-5,8H2,1H3,(H2,9,10)/t6-/m0/s1. The highest BCUT2D eigenvalue weighted by Gasteiger charge is 2.06. The summed E-state index contributed by atoms with van der Waals surface area (Å²) >= 11 is 0. The molecule has 0 saturated carbocycles. The Morgan fingerprint density at radius 1 is 1.50 bits per heavy atom. The largest absolute Gasteiger partial charge is 0.368 e. The van der Waals surface area contributed by atoms with Crippen molar-refractivity contribution in [3.05, 3.63) is 0 Å². The number of nitrogens with two attached hydrogens (primary N) is 2. The van der Waals surface area contributed by atoms with Crippen LogP contribution in [0.15, 0.2) is 0 Å². The van der Waals surface area contributed by atoms with Crippen LogP contribution in [-0.4, -0.2) is 11.9 Å². The predicted molar refractivity (Wildman–Crippen MR) is 41.3 cm³/mol. The molecule has 0 aromatic rings. The van der Waals surface area contributed by atoms with Crippen molar-refractivity contribution in [1.29, 1.82) is 0 Å². The van der Waals surface area contributed by atoms with Crippen LogP contribution in [0, 0.1) is 0 Å². The second kappa shape index (κ2) is 5.23. The molecule has 0 aliphatic rings. The van der Waals surface area contributed by atoms with Gasteiger partial charge >= 0.3 is 0 Å². The molecule has 3 nitrogen and oxygen atoms in total. The predicted octanol–water partition coefficient (Wildman–Crippen LogP) is 0.379. The van der Waals surface area contributed by atoms with E-state index >= 15 is 0 Å². The normalized spacial score (nSPS) is 13.0. The minimum absolute atomic E-state index is 0.392. The summed E-state index contributed by atoms with van der Waals surface area (Å²) in [5.41, 5.74) is 10.3. The van der Waals surface area contributed by atoms with Gasteiger partial charge in [-0.15, -0.1) is 0 Å². The third-order valence-corrected chi connectivity index (χ3v) is 1.48. The first-order chi connectivity index (χ1) is 4.68. The molecule has 1 atom stereocenters. The van der Waals surface area contributed by atoms with Crippen molar-refractivity contribution in [3.8, 4) is 0 Å². The third-order valence-electron chi connectivity index (χ3n) is 1.48. The lowest BCUT2D eigenvalue weighted by molar-refractivity contribution is -0.119. The van der Waals surface area contributed by atoms with Crippen LogP contribution in [0.4, 0.5) is 0 Å². The quantitative estimate of drug-likeness (QED) is 0.548. The van der Waals surface area contributed by atoms with Crippen molar-refractivity contribution in [2.75, 3.05) is 0 Å². The molecule has 0 radical (unpaired) electrons. The number of rotatable bonds is 5. The Balaban J connectivity index is 3.21. The van der Waals surface area contributed by atoms with Crippen LogP contribution in [0.5, 0.6) is 0 Å². The van der Waals surface area contributed by atoms with Crippen LogP contribution < -0.4 is 11.5 Å². The molecule has 0 aromatic carbocycles. The first-order valence-electron chi connectivity index (χ1n) is 3.73. The number of carbonyl (C=O) groups excluding carboxylic acids is 1. The lowest BCUT2D eigenvalue weighted by Gasteiger charge is -2.04. The Morgan fingerprint density at radius 3 is 2.50 bits per heavy atom. The van der Waals surface area contributed by atoms with Crippen molar-refractivity contribution in [1.82, 2.24) is 0 Å². The van der Waals surface area contributed by atoms with Crippen molar-refractivity contribution < 1.29 is 4.79 Å². The summed E-state index contributed by atoms with van der Waals surface area (Å²) < 4.78 is 0. The molecule has 0 bridgehead atoms. The molecule has 0 heterocycles. The van der Waals surface area contributed by atoms with E-state index < -0.39 is 11.9 Å². The van der Waals surface area contributed by atoms with Crippen molar-refractivity contribution in [3.63, 3.8) is 0 Å². The Labute approximate surface area is 61.8 Å². The lowest BCUT2D eigenvalue weighted by atomic mass is 10.1. The van der Waals surface area contributed by atoms with Crippen LogP contribution in [-0.2, 0) is 4.79 Å². The van der Waals surface area contributed by atoms with Gasteiger partial charge in [0.15, 0.2) is 0 Å². The van der Waals surface area contributed by atoms with Gasteiger partial charge in [-0.1, -0.05) is 26.2 Å². The number of primary amides is 1.